The van der Waals surface area contributed by atoms with E-state index in [1.165, 1.54) is 42.1 Å². The Kier molecular flexibility index (Phi) is 14.5. The van der Waals surface area contributed by atoms with Gasteiger partial charge in [0.25, 0.3) is 5.69 Å². The molecule has 0 radical (unpaired) electrons. The molecule has 3 aromatic rings. The summed E-state index contributed by atoms with van der Waals surface area (Å²) in [5.74, 6) is -2.09. The molecule has 3 N–H and O–H groups in total. The minimum Gasteiger partial charge on any atom is -0.459 e. The van der Waals surface area contributed by atoms with Crippen molar-refractivity contribution in [3.63, 3.8) is 0 Å². The number of unbranched alkanes of at least 4 members (excludes halogenated alkanes) is 1. The Balaban J connectivity index is 1.96. The predicted molar refractivity (Wildman–Crippen MR) is 197 cm³/mol. The van der Waals surface area contributed by atoms with Gasteiger partial charge in [-0.1, -0.05) is 58.7 Å². The number of hydrogen-bond donors (Lipinski definition) is 3. The van der Waals surface area contributed by atoms with Crippen molar-refractivity contribution in [2.24, 2.45) is 5.41 Å². The molecule has 0 aliphatic carbocycles. The maximum Gasteiger partial charge on any atom is 0.418 e. The van der Waals surface area contributed by atoms with E-state index in [-0.39, 0.29) is 31.6 Å². The van der Waals surface area contributed by atoms with E-state index in [0.717, 1.165) is 0 Å². The quantitative estimate of drug-likeness (QED) is 0.0727. The molecule has 15 nitrogen and oxygen atoms in total. The zero-order valence-electron chi connectivity index (χ0n) is 31.6. The highest BCUT2D eigenvalue weighted by Gasteiger charge is 2.34. The monoisotopic (exact) mass is 737 g/mol. The van der Waals surface area contributed by atoms with Gasteiger partial charge in [0.2, 0.25) is 11.8 Å². The molecule has 0 saturated heterocycles. The van der Waals surface area contributed by atoms with Crippen molar-refractivity contribution in [3.05, 3.63) is 76.0 Å². The van der Waals surface area contributed by atoms with Crippen LogP contribution in [-0.4, -0.2) is 70.3 Å². The fourth-order valence-corrected chi connectivity index (χ4v) is 5.53. The summed E-state index contributed by atoms with van der Waals surface area (Å²) in [6, 6.07) is 9.08. The van der Waals surface area contributed by atoms with Crippen LogP contribution in [0.3, 0.4) is 0 Å². The highest BCUT2D eigenvalue weighted by atomic mass is 16.6. The molecule has 15 heteroatoms. The van der Waals surface area contributed by atoms with E-state index in [9.17, 15) is 34.1 Å². The lowest BCUT2D eigenvalue weighted by Gasteiger charge is -2.29. The first-order valence-corrected chi connectivity index (χ1v) is 17.5. The second kappa shape index (κ2) is 18.3. The number of amides is 3. The van der Waals surface area contributed by atoms with Crippen LogP contribution in [0, 0.1) is 15.5 Å². The van der Waals surface area contributed by atoms with Crippen molar-refractivity contribution < 1.29 is 43.1 Å². The summed E-state index contributed by atoms with van der Waals surface area (Å²) in [5, 5.41) is 19.8. The molecule has 0 unspecified atom stereocenters. The highest BCUT2D eigenvalue weighted by Crippen LogP contribution is 2.25. The van der Waals surface area contributed by atoms with E-state index in [2.05, 4.69) is 16.0 Å². The van der Waals surface area contributed by atoms with Crippen molar-refractivity contribution in [1.82, 2.24) is 20.5 Å². The van der Waals surface area contributed by atoms with Crippen LogP contribution in [0.2, 0.25) is 0 Å². The molecule has 0 saturated carbocycles. The third-order valence-electron chi connectivity index (χ3n) is 8.02. The van der Waals surface area contributed by atoms with E-state index in [1.807, 2.05) is 27.7 Å². The van der Waals surface area contributed by atoms with Gasteiger partial charge in [0, 0.05) is 30.1 Å². The largest absolute Gasteiger partial charge is 0.459 e. The molecule has 0 aliphatic rings. The van der Waals surface area contributed by atoms with Crippen LogP contribution in [-0.2, 0) is 41.6 Å². The molecule has 0 aliphatic heterocycles. The number of nitrogens with one attached hydrogen (secondary N) is 3. The van der Waals surface area contributed by atoms with E-state index < -0.39 is 64.0 Å². The Morgan fingerprint density at radius 1 is 0.868 bits per heavy atom. The number of carbonyl (C=O) groups is 5. The maximum atomic E-state index is 14.2. The van der Waals surface area contributed by atoms with Crippen molar-refractivity contribution in [3.8, 4) is 0 Å². The molecule has 3 amide bonds. The molecule has 1 aromatic heterocycles. The van der Waals surface area contributed by atoms with Crippen LogP contribution >= 0.6 is 0 Å². The fraction of sp³-hybridized carbons (Fsp3) is 0.500. The summed E-state index contributed by atoms with van der Waals surface area (Å²) < 4.78 is 17.2. The molecule has 53 heavy (non-hydrogen) atoms. The highest BCUT2D eigenvalue weighted by molar-refractivity contribution is 5.95. The normalized spacial score (nSPS) is 13.3. The summed E-state index contributed by atoms with van der Waals surface area (Å²) in [4.78, 5) is 77.5. The van der Waals surface area contributed by atoms with Gasteiger partial charge in [-0.05, 0) is 68.4 Å². The number of nitro benzene ring substituents is 1. The van der Waals surface area contributed by atoms with Crippen molar-refractivity contribution >= 4 is 46.6 Å². The first kappa shape index (κ1) is 41.9. The number of carbonyl (C=O) groups excluding carboxylic acids is 5. The average Bonchev–Trinajstić information content (AvgIpc) is 3.44. The smallest absolute Gasteiger partial charge is 0.418 e. The zero-order chi connectivity index (χ0) is 39.5. The Morgan fingerprint density at radius 3 is 2.08 bits per heavy atom. The van der Waals surface area contributed by atoms with Crippen LogP contribution in [0.1, 0.15) is 85.3 Å². The van der Waals surface area contributed by atoms with Crippen LogP contribution in [0.4, 0.5) is 15.3 Å². The summed E-state index contributed by atoms with van der Waals surface area (Å²) >= 11 is 0. The van der Waals surface area contributed by atoms with E-state index in [0.29, 0.717) is 34.9 Å². The Labute approximate surface area is 309 Å². The lowest BCUT2D eigenvalue weighted by molar-refractivity contribution is -0.384. The predicted octanol–water partition coefficient (Wildman–Crippen LogP) is 5.94. The van der Waals surface area contributed by atoms with Gasteiger partial charge in [-0.25, -0.2) is 14.4 Å². The molecule has 288 valence electrons. The maximum absolute atomic E-state index is 14.2. The second-order valence-corrected chi connectivity index (χ2v) is 15.0. The molecular weight excluding hydrogens is 686 g/mol. The second-order valence-electron chi connectivity index (χ2n) is 15.0. The molecule has 0 spiro atoms. The number of hydrogen-bond acceptors (Lipinski definition) is 10. The lowest BCUT2D eigenvalue weighted by atomic mass is 9.87. The number of esters is 1. The first-order valence-electron chi connectivity index (χ1n) is 17.5. The SMILES string of the molecule is CCCC[C@@H](NC(=O)[C@@H](Cc1cn(C(=O)OC)c2ccccc12)NC(=O)[C@H](CC(C)(C)C)NC(=O)OC(C)(C)C)C(=O)OCc1ccc([N+](=O)[O-])cc1. The molecule has 2 aromatic carbocycles. The zero-order valence-corrected chi connectivity index (χ0v) is 31.6. The van der Waals surface area contributed by atoms with Gasteiger partial charge in [-0.15, -0.1) is 0 Å². The molecule has 1 heterocycles. The fourth-order valence-electron chi connectivity index (χ4n) is 5.53. The minimum absolute atomic E-state index is 0.102. The molecule has 3 rings (SSSR count). The van der Waals surface area contributed by atoms with Gasteiger partial charge in [0.1, 0.15) is 30.3 Å². The molecular formula is C38H51N5O10. The van der Waals surface area contributed by atoms with Gasteiger partial charge >= 0.3 is 18.2 Å². The van der Waals surface area contributed by atoms with E-state index >= 15 is 0 Å². The summed E-state index contributed by atoms with van der Waals surface area (Å²) in [5.41, 5.74) is 0.198. The number of alkyl carbamates (subject to hydrolysis) is 1. The number of nitro groups is 1. The third kappa shape index (κ3) is 12.9. The molecule has 0 fully saturated rings. The number of rotatable bonds is 15. The summed E-state index contributed by atoms with van der Waals surface area (Å²) in [7, 11) is 1.25. The Hall–Kier alpha value is -5.47. The van der Waals surface area contributed by atoms with Gasteiger partial charge in [0.15, 0.2) is 0 Å². The summed E-state index contributed by atoms with van der Waals surface area (Å²) in [6.45, 7) is 12.5. The number of benzene rings is 2. The number of aromatic nitrogens is 1. The first-order chi connectivity index (χ1) is 24.8. The number of fused-ring (bicyclic) bond motifs is 1. The molecule has 0 bridgehead atoms. The van der Waals surface area contributed by atoms with Crippen molar-refractivity contribution in [1.29, 1.82) is 0 Å². The number of ether oxygens (including phenoxy) is 3. The number of methoxy groups -OCH3 is 1. The lowest BCUT2D eigenvalue weighted by Crippen LogP contribution is -2.57. The topological polar surface area (TPSA) is 197 Å². The van der Waals surface area contributed by atoms with E-state index in [1.54, 1.807) is 45.0 Å². The van der Waals surface area contributed by atoms with E-state index in [4.69, 9.17) is 14.2 Å². The van der Waals surface area contributed by atoms with Gasteiger partial charge in [0.05, 0.1) is 17.5 Å². The minimum atomic E-state index is -1.28. The van der Waals surface area contributed by atoms with Crippen molar-refractivity contribution in [2.45, 2.75) is 111 Å². The third-order valence-corrected chi connectivity index (χ3v) is 8.02. The number of non-ortho nitro benzene ring substituents is 1. The molecule has 3 atom stereocenters. The average molecular weight is 738 g/mol. The van der Waals surface area contributed by atoms with Crippen LogP contribution in [0.25, 0.3) is 10.9 Å². The van der Waals surface area contributed by atoms with Crippen LogP contribution in [0.15, 0.2) is 54.7 Å². The number of nitrogens with zero attached hydrogens (tertiary/aromatic N) is 2. The van der Waals surface area contributed by atoms with Gasteiger partial charge in [-0.3, -0.25) is 24.3 Å². The Morgan fingerprint density at radius 2 is 1.49 bits per heavy atom. The summed E-state index contributed by atoms with van der Waals surface area (Å²) in [6.07, 6.45) is 1.67. The number of para-hydroxylation sites is 1. The Bertz CT molecular complexity index is 1770. The van der Waals surface area contributed by atoms with Crippen LogP contribution in [0.5, 0.6) is 0 Å². The standard InChI is InChI=1S/C38H51N5O10/c1-9-10-14-28(34(46)52-23-24-16-18-26(19-17-24)43(49)50)39-32(44)29(20-25-22-42(36(48)51-8)31-15-12-11-13-27(25)31)40-33(45)30(21-37(2,3)4)41-35(47)53-38(5,6)7/h11-13,15-19,22,28-30H,9-10,14,20-21,23H2,1-8H3,(H,39,44)(H,40,45)(H,41,47)/t28-,29-,30+/m1/s1. The van der Waals surface area contributed by atoms with Crippen LogP contribution < -0.4 is 16.0 Å². The van der Waals surface area contributed by atoms with Gasteiger partial charge in [-0.2, -0.15) is 0 Å². The van der Waals surface area contributed by atoms with Gasteiger partial charge < -0.3 is 30.2 Å². The van der Waals surface area contributed by atoms with Crippen molar-refractivity contribution in [2.75, 3.05) is 7.11 Å².